The normalized spacial score (nSPS) is 15.8. The van der Waals surface area contributed by atoms with Crippen LogP contribution in [0, 0.1) is 0 Å². The molecule has 1 nitrogen and oxygen atoms in total. The van der Waals surface area contributed by atoms with Gasteiger partial charge in [-0.25, -0.2) is 0 Å². The second kappa shape index (κ2) is 11.3. The Hall–Kier alpha value is -2.38. The predicted molar refractivity (Wildman–Crippen MR) is 133 cm³/mol. The highest BCUT2D eigenvalue weighted by molar-refractivity contribution is 5.32. The molecule has 1 heteroatoms. The molecule has 3 aromatic carbocycles. The Balaban J connectivity index is 1.30. The monoisotopic (exact) mass is 411 g/mol. The van der Waals surface area contributed by atoms with Crippen molar-refractivity contribution in [3.8, 4) is 0 Å². The minimum Gasteiger partial charge on any atom is -0.314 e. The molecule has 0 spiro atoms. The number of nitrogens with one attached hydrogen (secondary N) is 1. The molecule has 1 atom stereocenters. The molecule has 3 aromatic rings. The van der Waals surface area contributed by atoms with Crippen LogP contribution >= 0.6 is 0 Å². The van der Waals surface area contributed by atoms with Crippen molar-refractivity contribution in [3.63, 3.8) is 0 Å². The van der Waals surface area contributed by atoms with Crippen LogP contribution in [0.3, 0.4) is 0 Å². The van der Waals surface area contributed by atoms with E-state index in [-0.39, 0.29) is 0 Å². The smallest absolute Gasteiger partial charge is 0.0101 e. The van der Waals surface area contributed by atoms with Crippen LogP contribution in [-0.4, -0.2) is 12.6 Å². The average molecular weight is 412 g/mol. The van der Waals surface area contributed by atoms with Gasteiger partial charge in [0.1, 0.15) is 0 Å². The zero-order valence-electron chi connectivity index (χ0n) is 19.0. The van der Waals surface area contributed by atoms with E-state index in [1.165, 1.54) is 48.8 Å². The van der Waals surface area contributed by atoms with Crippen molar-refractivity contribution in [3.05, 3.63) is 107 Å². The average Bonchev–Trinajstić information content (AvgIpc) is 2.84. The fourth-order valence-electron chi connectivity index (χ4n) is 5.16. The van der Waals surface area contributed by atoms with Crippen LogP contribution in [0.5, 0.6) is 0 Å². The molecule has 1 fully saturated rings. The van der Waals surface area contributed by atoms with E-state index < -0.39 is 0 Å². The second-order valence-electron chi connectivity index (χ2n) is 9.30. The number of hydrogen-bond donors (Lipinski definition) is 1. The summed E-state index contributed by atoms with van der Waals surface area (Å²) in [7, 11) is 0. The van der Waals surface area contributed by atoms with Crippen LogP contribution in [0.2, 0.25) is 0 Å². The van der Waals surface area contributed by atoms with E-state index in [1.54, 1.807) is 5.56 Å². The fraction of sp³-hybridized carbons (Fsp3) is 0.400. The number of benzene rings is 3. The van der Waals surface area contributed by atoms with Crippen LogP contribution in [0.15, 0.2) is 84.9 Å². The van der Waals surface area contributed by atoms with Gasteiger partial charge in [0.25, 0.3) is 0 Å². The Kier molecular flexibility index (Phi) is 7.96. The van der Waals surface area contributed by atoms with Gasteiger partial charge in [0.15, 0.2) is 0 Å². The predicted octanol–water partition coefficient (Wildman–Crippen LogP) is 7.48. The first kappa shape index (κ1) is 21.8. The van der Waals surface area contributed by atoms with Crippen molar-refractivity contribution in [2.24, 2.45) is 0 Å². The van der Waals surface area contributed by atoms with E-state index in [4.69, 9.17) is 0 Å². The van der Waals surface area contributed by atoms with Crippen molar-refractivity contribution < 1.29 is 0 Å². The minimum absolute atomic E-state index is 0.442. The zero-order chi connectivity index (χ0) is 21.3. The van der Waals surface area contributed by atoms with Crippen molar-refractivity contribution in [1.29, 1.82) is 0 Å². The van der Waals surface area contributed by atoms with Crippen LogP contribution in [0.25, 0.3) is 0 Å². The summed E-state index contributed by atoms with van der Waals surface area (Å²) in [6, 6.07) is 31.8. The molecule has 0 aromatic heterocycles. The zero-order valence-corrected chi connectivity index (χ0v) is 19.0. The topological polar surface area (TPSA) is 12.0 Å². The van der Waals surface area contributed by atoms with E-state index in [9.17, 15) is 0 Å². The summed E-state index contributed by atoms with van der Waals surface area (Å²) in [4.78, 5) is 0. The highest BCUT2D eigenvalue weighted by Crippen LogP contribution is 2.32. The number of hydrogen-bond acceptors (Lipinski definition) is 1. The van der Waals surface area contributed by atoms with Gasteiger partial charge in [-0.3, -0.25) is 0 Å². The van der Waals surface area contributed by atoms with Gasteiger partial charge in [0.05, 0.1) is 0 Å². The Morgan fingerprint density at radius 2 is 1.32 bits per heavy atom. The fourth-order valence-corrected chi connectivity index (χ4v) is 5.16. The third-order valence-electron chi connectivity index (χ3n) is 6.93. The quantitative estimate of drug-likeness (QED) is 0.385. The van der Waals surface area contributed by atoms with Gasteiger partial charge >= 0.3 is 0 Å². The SMILES string of the molecule is CC(Cc1ccc(C2CCCCC2)cc1)NCCC(c1ccccc1)c1ccccc1. The molecule has 0 bridgehead atoms. The number of rotatable bonds is 9. The maximum Gasteiger partial charge on any atom is 0.0101 e. The third kappa shape index (κ3) is 6.31. The molecule has 1 aliphatic rings. The second-order valence-corrected chi connectivity index (χ2v) is 9.30. The molecular formula is C30H37N. The summed E-state index contributed by atoms with van der Waals surface area (Å²) in [6.07, 6.45) is 9.18. The van der Waals surface area contributed by atoms with Crippen molar-refractivity contribution in [1.82, 2.24) is 5.32 Å². The molecule has 0 amide bonds. The van der Waals surface area contributed by atoms with E-state index in [0.717, 1.165) is 25.3 Å². The highest BCUT2D eigenvalue weighted by Gasteiger charge is 2.16. The van der Waals surface area contributed by atoms with Gasteiger partial charge < -0.3 is 5.32 Å². The lowest BCUT2D eigenvalue weighted by Gasteiger charge is -2.22. The maximum absolute atomic E-state index is 3.78. The molecule has 0 heterocycles. The van der Waals surface area contributed by atoms with E-state index >= 15 is 0 Å². The summed E-state index contributed by atoms with van der Waals surface area (Å²) in [5, 5.41) is 3.78. The first-order chi connectivity index (χ1) is 15.3. The first-order valence-electron chi connectivity index (χ1n) is 12.2. The van der Waals surface area contributed by atoms with Crippen LogP contribution in [0.1, 0.15) is 79.5 Å². The molecule has 1 N–H and O–H groups in total. The Bertz CT molecular complexity index is 839. The molecule has 1 saturated carbocycles. The lowest BCUT2D eigenvalue weighted by Crippen LogP contribution is -2.30. The summed E-state index contributed by atoms with van der Waals surface area (Å²) >= 11 is 0. The molecule has 4 rings (SSSR count). The first-order valence-corrected chi connectivity index (χ1v) is 12.2. The molecule has 31 heavy (non-hydrogen) atoms. The molecule has 162 valence electrons. The van der Waals surface area contributed by atoms with E-state index in [2.05, 4.69) is 97.2 Å². The van der Waals surface area contributed by atoms with E-state index in [1.807, 2.05) is 0 Å². The lowest BCUT2D eigenvalue weighted by atomic mass is 9.84. The van der Waals surface area contributed by atoms with Crippen molar-refractivity contribution in [2.75, 3.05) is 6.54 Å². The van der Waals surface area contributed by atoms with Crippen LogP contribution in [-0.2, 0) is 6.42 Å². The molecule has 0 radical (unpaired) electrons. The van der Waals surface area contributed by atoms with Gasteiger partial charge in [-0.15, -0.1) is 0 Å². The van der Waals surface area contributed by atoms with E-state index in [0.29, 0.717) is 12.0 Å². The van der Waals surface area contributed by atoms with Crippen LogP contribution < -0.4 is 5.32 Å². The molecule has 0 aliphatic heterocycles. The van der Waals surface area contributed by atoms with Gasteiger partial charge in [0, 0.05) is 12.0 Å². The molecular weight excluding hydrogens is 374 g/mol. The Labute approximate surface area is 188 Å². The van der Waals surface area contributed by atoms with Crippen molar-refractivity contribution in [2.45, 2.75) is 69.7 Å². The summed E-state index contributed by atoms with van der Waals surface area (Å²) < 4.78 is 0. The molecule has 1 aliphatic carbocycles. The minimum atomic E-state index is 0.442. The molecule has 0 saturated heterocycles. The lowest BCUT2D eigenvalue weighted by molar-refractivity contribution is 0.443. The molecule has 1 unspecified atom stereocenters. The van der Waals surface area contributed by atoms with Crippen LogP contribution in [0.4, 0.5) is 0 Å². The van der Waals surface area contributed by atoms with Gasteiger partial charge in [-0.2, -0.15) is 0 Å². The van der Waals surface area contributed by atoms with Crippen molar-refractivity contribution >= 4 is 0 Å². The van der Waals surface area contributed by atoms with Gasteiger partial charge in [-0.1, -0.05) is 104 Å². The Morgan fingerprint density at radius 3 is 1.90 bits per heavy atom. The summed E-state index contributed by atoms with van der Waals surface area (Å²) in [6.45, 7) is 3.34. The van der Waals surface area contributed by atoms with Gasteiger partial charge in [-0.05, 0) is 67.3 Å². The largest absolute Gasteiger partial charge is 0.314 e. The summed E-state index contributed by atoms with van der Waals surface area (Å²) in [5.74, 6) is 1.24. The standard InChI is InChI=1S/C30H37N/c1-24(23-25-17-19-27(20-18-25)26-11-5-2-6-12-26)31-22-21-30(28-13-7-3-8-14-28)29-15-9-4-10-16-29/h3-4,7-10,13-20,24,26,30-31H,2,5-6,11-12,21-23H2,1H3. The summed E-state index contributed by atoms with van der Waals surface area (Å²) in [5.41, 5.74) is 5.81. The van der Waals surface area contributed by atoms with Gasteiger partial charge in [0.2, 0.25) is 0 Å². The third-order valence-corrected chi connectivity index (χ3v) is 6.93. The maximum atomic E-state index is 3.78. The highest BCUT2D eigenvalue weighted by atomic mass is 14.9. The Morgan fingerprint density at radius 1 is 0.742 bits per heavy atom.